The zero-order valence-corrected chi connectivity index (χ0v) is 11.2. The number of ether oxygens (including phenoxy) is 1. The number of aryl methyl sites for hydroxylation is 1. The predicted molar refractivity (Wildman–Crippen MR) is 70.5 cm³/mol. The number of methoxy groups -OCH3 is 1. The van der Waals surface area contributed by atoms with Gasteiger partial charge in [0, 0.05) is 32.8 Å². The summed E-state index contributed by atoms with van der Waals surface area (Å²) in [4.78, 5) is 2.32. The fourth-order valence-electron chi connectivity index (χ4n) is 2.60. The van der Waals surface area contributed by atoms with E-state index in [2.05, 4.69) is 22.1 Å². The fraction of sp³-hybridized carbons (Fsp3) is 0.833. The van der Waals surface area contributed by atoms with E-state index in [1.54, 1.807) is 7.11 Å². The highest BCUT2D eigenvalue weighted by Crippen LogP contribution is 2.25. The third-order valence-corrected chi connectivity index (χ3v) is 3.60. The van der Waals surface area contributed by atoms with E-state index in [-0.39, 0.29) is 0 Å². The molecule has 2 N–H and O–H groups in total. The van der Waals surface area contributed by atoms with Gasteiger partial charge < -0.3 is 15.4 Å². The molecule has 2 rings (SSSR count). The van der Waals surface area contributed by atoms with Crippen molar-refractivity contribution in [3.8, 4) is 0 Å². The van der Waals surface area contributed by atoms with Crippen molar-refractivity contribution in [1.29, 1.82) is 0 Å². The van der Waals surface area contributed by atoms with Gasteiger partial charge in [-0.15, -0.1) is 5.10 Å². The summed E-state index contributed by atoms with van der Waals surface area (Å²) in [5.74, 6) is 1.09. The first-order chi connectivity index (χ1) is 8.80. The van der Waals surface area contributed by atoms with Crippen LogP contribution in [-0.2, 0) is 11.3 Å². The number of hydrogen-bond acceptors (Lipinski definition) is 5. The normalized spacial score (nSPS) is 24.5. The number of piperidine rings is 1. The lowest BCUT2D eigenvalue weighted by Gasteiger charge is -2.39. The number of anilines is 1. The lowest BCUT2D eigenvalue weighted by atomic mass is 9.99. The Kier molecular flexibility index (Phi) is 4.54. The molecule has 1 aliphatic rings. The summed E-state index contributed by atoms with van der Waals surface area (Å²) in [7, 11) is 1.77. The van der Waals surface area contributed by atoms with Gasteiger partial charge in [0.25, 0.3) is 0 Å². The maximum absolute atomic E-state index is 5.89. The smallest absolute Gasteiger partial charge is 0.147 e. The van der Waals surface area contributed by atoms with Gasteiger partial charge in [0.15, 0.2) is 0 Å². The first-order valence-electron chi connectivity index (χ1n) is 6.68. The van der Waals surface area contributed by atoms with Crippen LogP contribution in [0.3, 0.4) is 0 Å². The number of hydrogen-bond donors (Lipinski definition) is 1. The molecule has 1 aromatic heterocycles. The van der Waals surface area contributed by atoms with E-state index in [0.717, 1.165) is 38.2 Å². The largest absolute Gasteiger partial charge is 0.381 e. The van der Waals surface area contributed by atoms with Crippen molar-refractivity contribution in [2.24, 2.45) is 5.73 Å². The summed E-state index contributed by atoms with van der Waals surface area (Å²) in [5, 5.41) is 8.17. The second kappa shape index (κ2) is 6.15. The van der Waals surface area contributed by atoms with Crippen molar-refractivity contribution in [1.82, 2.24) is 15.0 Å². The van der Waals surface area contributed by atoms with Crippen molar-refractivity contribution >= 4 is 5.82 Å². The van der Waals surface area contributed by atoms with Gasteiger partial charge in [0.05, 0.1) is 12.3 Å². The van der Waals surface area contributed by atoms with Crippen LogP contribution < -0.4 is 10.6 Å². The molecule has 0 spiro atoms. The minimum absolute atomic E-state index is 0.317. The van der Waals surface area contributed by atoms with E-state index in [4.69, 9.17) is 10.5 Å². The average Bonchev–Trinajstić information content (AvgIpc) is 2.86. The minimum Gasteiger partial charge on any atom is -0.381 e. The van der Waals surface area contributed by atoms with Crippen LogP contribution in [0, 0.1) is 0 Å². The highest BCUT2D eigenvalue weighted by molar-refractivity contribution is 5.38. The van der Waals surface area contributed by atoms with Crippen molar-refractivity contribution in [2.45, 2.75) is 44.9 Å². The number of nitrogens with zero attached hydrogens (tertiary/aromatic N) is 4. The summed E-state index contributed by atoms with van der Waals surface area (Å²) in [6, 6.07) is 0.317. The first-order valence-corrected chi connectivity index (χ1v) is 6.68. The average molecular weight is 253 g/mol. The molecule has 0 amide bonds. The van der Waals surface area contributed by atoms with Crippen LogP contribution in [0.25, 0.3) is 0 Å². The van der Waals surface area contributed by atoms with Gasteiger partial charge in [-0.2, -0.15) is 0 Å². The molecule has 2 atom stereocenters. The van der Waals surface area contributed by atoms with Crippen LogP contribution in [0.1, 0.15) is 26.2 Å². The van der Waals surface area contributed by atoms with E-state index in [1.807, 2.05) is 10.9 Å². The molecular weight excluding hydrogens is 230 g/mol. The van der Waals surface area contributed by atoms with Crippen LogP contribution in [0.5, 0.6) is 0 Å². The Balaban J connectivity index is 2.13. The first kappa shape index (κ1) is 13.3. The zero-order valence-electron chi connectivity index (χ0n) is 11.2. The highest BCUT2D eigenvalue weighted by Gasteiger charge is 2.29. The molecule has 1 fully saturated rings. The molecule has 0 radical (unpaired) electrons. The molecule has 1 aromatic rings. The Morgan fingerprint density at radius 3 is 3.06 bits per heavy atom. The third kappa shape index (κ3) is 2.64. The van der Waals surface area contributed by atoms with Crippen molar-refractivity contribution < 1.29 is 4.74 Å². The molecule has 102 valence electrons. The van der Waals surface area contributed by atoms with E-state index >= 15 is 0 Å². The van der Waals surface area contributed by atoms with E-state index < -0.39 is 0 Å². The molecule has 2 unspecified atom stereocenters. The molecule has 6 nitrogen and oxygen atoms in total. The van der Waals surface area contributed by atoms with E-state index in [9.17, 15) is 0 Å². The summed E-state index contributed by atoms with van der Waals surface area (Å²) in [6.45, 7) is 4.63. The quantitative estimate of drug-likeness (QED) is 0.833. The summed E-state index contributed by atoms with van der Waals surface area (Å²) in [6.07, 6.45) is 5.23. The Morgan fingerprint density at radius 1 is 1.56 bits per heavy atom. The number of rotatable bonds is 5. The molecule has 6 heteroatoms. The van der Waals surface area contributed by atoms with Gasteiger partial charge >= 0.3 is 0 Å². The van der Waals surface area contributed by atoms with Crippen LogP contribution in [0.4, 0.5) is 5.82 Å². The molecular formula is C12H23N5O. The van der Waals surface area contributed by atoms with E-state index in [1.165, 1.54) is 0 Å². The van der Waals surface area contributed by atoms with Gasteiger partial charge in [0.2, 0.25) is 0 Å². The minimum atomic E-state index is 0.317. The lowest BCUT2D eigenvalue weighted by molar-refractivity contribution is 0.0706. The van der Waals surface area contributed by atoms with Crippen LogP contribution in [0.2, 0.25) is 0 Å². The molecule has 1 aliphatic heterocycles. The van der Waals surface area contributed by atoms with Crippen LogP contribution >= 0.6 is 0 Å². The molecule has 2 heterocycles. The third-order valence-electron chi connectivity index (χ3n) is 3.60. The second-order valence-corrected chi connectivity index (χ2v) is 4.78. The monoisotopic (exact) mass is 253 g/mol. The topological polar surface area (TPSA) is 69.2 Å². The van der Waals surface area contributed by atoms with Gasteiger partial charge in [0.1, 0.15) is 5.82 Å². The molecule has 18 heavy (non-hydrogen) atoms. The summed E-state index contributed by atoms with van der Waals surface area (Å²) >= 11 is 0. The summed E-state index contributed by atoms with van der Waals surface area (Å²) < 4.78 is 7.41. The van der Waals surface area contributed by atoms with E-state index in [0.29, 0.717) is 18.7 Å². The molecule has 0 saturated carbocycles. The standard InChI is InChI=1S/C12H23N5O/c1-3-5-17-12(9-14-15-17)16-6-4-11(18-2)7-10(16)8-13/h9-11H,3-8,13H2,1-2H3. The van der Waals surface area contributed by atoms with Crippen molar-refractivity contribution in [3.63, 3.8) is 0 Å². The zero-order chi connectivity index (χ0) is 13.0. The maximum Gasteiger partial charge on any atom is 0.147 e. The Hall–Kier alpha value is -1.14. The molecule has 1 saturated heterocycles. The molecule has 0 aliphatic carbocycles. The number of nitrogens with two attached hydrogens (primary N) is 1. The highest BCUT2D eigenvalue weighted by atomic mass is 16.5. The lowest BCUT2D eigenvalue weighted by Crippen LogP contribution is -2.49. The Morgan fingerprint density at radius 2 is 2.39 bits per heavy atom. The van der Waals surface area contributed by atoms with Gasteiger partial charge in [-0.3, -0.25) is 0 Å². The van der Waals surface area contributed by atoms with Gasteiger partial charge in [-0.05, 0) is 19.3 Å². The molecule has 0 aromatic carbocycles. The van der Waals surface area contributed by atoms with Gasteiger partial charge in [-0.25, -0.2) is 4.68 Å². The van der Waals surface area contributed by atoms with Crippen LogP contribution in [0.15, 0.2) is 6.20 Å². The maximum atomic E-state index is 5.89. The summed E-state index contributed by atoms with van der Waals surface area (Å²) in [5.41, 5.74) is 5.89. The molecule has 0 bridgehead atoms. The van der Waals surface area contributed by atoms with Gasteiger partial charge in [-0.1, -0.05) is 12.1 Å². The van der Waals surface area contributed by atoms with Crippen molar-refractivity contribution in [2.75, 3.05) is 25.1 Å². The Labute approximate surface area is 108 Å². The predicted octanol–water partition coefficient (Wildman–Crippen LogP) is 0.631. The second-order valence-electron chi connectivity index (χ2n) is 4.78. The van der Waals surface area contributed by atoms with Crippen LogP contribution in [-0.4, -0.2) is 47.3 Å². The fourth-order valence-corrected chi connectivity index (χ4v) is 2.60. The Bertz CT molecular complexity index is 367. The number of aromatic nitrogens is 3. The van der Waals surface area contributed by atoms with Crippen molar-refractivity contribution in [3.05, 3.63) is 6.20 Å². The SMILES string of the molecule is CCCn1nncc1N1CCC(OC)CC1CN.